The van der Waals surface area contributed by atoms with Crippen molar-refractivity contribution in [3.05, 3.63) is 35.4 Å². The molecule has 96 valence electrons. The molecule has 2 aliphatic rings. The third-order valence-corrected chi connectivity index (χ3v) is 3.79. The van der Waals surface area contributed by atoms with Gasteiger partial charge in [-0.05, 0) is 17.5 Å². The van der Waals surface area contributed by atoms with E-state index in [0.29, 0.717) is 0 Å². The Bertz CT molecular complexity index is 440. The first-order valence-corrected chi connectivity index (χ1v) is 6.66. The van der Waals surface area contributed by atoms with Gasteiger partial charge < -0.3 is 15.1 Å². The molecule has 18 heavy (non-hydrogen) atoms. The number of amides is 2. The second-order valence-electron chi connectivity index (χ2n) is 4.96. The van der Waals surface area contributed by atoms with E-state index in [1.165, 1.54) is 11.1 Å². The average Bonchev–Trinajstić information content (AvgIpc) is 2.47. The first kappa shape index (κ1) is 11.5. The normalized spacial score (nSPS) is 19.6. The van der Waals surface area contributed by atoms with Crippen molar-refractivity contribution in [1.29, 1.82) is 0 Å². The summed E-state index contributed by atoms with van der Waals surface area (Å²) in [5, 5.41) is 3.28. The Morgan fingerprint density at radius 3 is 2.50 bits per heavy atom. The van der Waals surface area contributed by atoms with E-state index in [2.05, 4.69) is 29.6 Å². The van der Waals surface area contributed by atoms with Gasteiger partial charge in [-0.1, -0.05) is 24.3 Å². The van der Waals surface area contributed by atoms with Gasteiger partial charge in [0.15, 0.2) is 0 Å². The number of hydrogen-bond acceptors (Lipinski definition) is 2. The number of fused-ring (bicyclic) bond motifs is 1. The van der Waals surface area contributed by atoms with Crippen molar-refractivity contribution in [1.82, 2.24) is 15.1 Å². The van der Waals surface area contributed by atoms with Crippen LogP contribution in [0.4, 0.5) is 4.79 Å². The number of piperazine rings is 1. The molecule has 0 saturated carbocycles. The highest BCUT2D eigenvalue weighted by molar-refractivity contribution is 5.75. The highest BCUT2D eigenvalue weighted by Gasteiger charge is 2.25. The standard InChI is InChI=1S/C14H19N3O/c18-14(16-9-6-15-7-10-16)17-8-5-12-3-1-2-4-13(12)11-17/h1-4,15H,5-11H2. The first-order valence-electron chi connectivity index (χ1n) is 6.66. The van der Waals surface area contributed by atoms with Crippen LogP contribution in [-0.4, -0.2) is 48.6 Å². The summed E-state index contributed by atoms with van der Waals surface area (Å²) in [5.74, 6) is 0. The minimum Gasteiger partial charge on any atom is -0.322 e. The molecule has 1 aromatic rings. The van der Waals surface area contributed by atoms with E-state index >= 15 is 0 Å². The molecule has 2 heterocycles. The molecular formula is C14H19N3O. The number of nitrogens with one attached hydrogen (secondary N) is 1. The van der Waals surface area contributed by atoms with Crippen molar-refractivity contribution in [2.24, 2.45) is 0 Å². The molecule has 3 rings (SSSR count). The predicted octanol–water partition coefficient (Wildman–Crippen LogP) is 1.07. The lowest BCUT2D eigenvalue weighted by Crippen LogP contribution is -2.52. The van der Waals surface area contributed by atoms with Crippen LogP contribution in [0.2, 0.25) is 0 Å². The summed E-state index contributed by atoms with van der Waals surface area (Å²) in [6.07, 6.45) is 0.980. The highest BCUT2D eigenvalue weighted by atomic mass is 16.2. The van der Waals surface area contributed by atoms with Gasteiger partial charge in [-0.15, -0.1) is 0 Å². The molecular weight excluding hydrogens is 226 g/mol. The number of hydrogen-bond donors (Lipinski definition) is 1. The second kappa shape index (κ2) is 4.98. The maximum Gasteiger partial charge on any atom is 0.320 e. The van der Waals surface area contributed by atoms with Crippen molar-refractivity contribution >= 4 is 6.03 Å². The van der Waals surface area contributed by atoms with Gasteiger partial charge >= 0.3 is 6.03 Å². The minimum atomic E-state index is 0.200. The van der Waals surface area contributed by atoms with Crippen LogP contribution in [0.25, 0.3) is 0 Å². The summed E-state index contributed by atoms with van der Waals surface area (Å²) in [7, 11) is 0. The van der Waals surface area contributed by atoms with Gasteiger partial charge in [0.2, 0.25) is 0 Å². The first-order chi connectivity index (χ1) is 8.84. The summed E-state index contributed by atoms with van der Waals surface area (Å²) in [4.78, 5) is 16.3. The fraction of sp³-hybridized carbons (Fsp3) is 0.500. The van der Waals surface area contributed by atoms with Crippen LogP contribution in [0.5, 0.6) is 0 Å². The number of urea groups is 1. The molecule has 0 radical (unpaired) electrons. The fourth-order valence-corrected chi connectivity index (χ4v) is 2.72. The van der Waals surface area contributed by atoms with Gasteiger partial charge in [0.25, 0.3) is 0 Å². The Labute approximate surface area is 108 Å². The van der Waals surface area contributed by atoms with Gasteiger partial charge in [-0.25, -0.2) is 4.79 Å². The zero-order chi connectivity index (χ0) is 12.4. The Hall–Kier alpha value is -1.55. The van der Waals surface area contributed by atoms with Gasteiger partial charge in [0, 0.05) is 39.3 Å². The van der Waals surface area contributed by atoms with Gasteiger partial charge in [-0.3, -0.25) is 0 Å². The molecule has 1 aromatic carbocycles. The van der Waals surface area contributed by atoms with Crippen LogP contribution in [0.3, 0.4) is 0 Å². The number of benzene rings is 1. The van der Waals surface area contributed by atoms with Crippen molar-refractivity contribution in [2.75, 3.05) is 32.7 Å². The van der Waals surface area contributed by atoms with Crippen LogP contribution >= 0.6 is 0 Å². The smallest absolute Gasteiger partial charge is 0.320 e. The van der Waals surface area contributed by atoms with Crippen molar-refractivity contribution in [3.8, 4) is 0 Å². The Morgan fingerprint density at radius 1 is 1.00 bits per heavy atom. The van der Waals surface area contributed by atoms with Gasteiger partial charge in [-0.2, -0.15) is 0 Å². The number of nitrogens with zero attached hydrogens (tertiary/aromatic N) is 2. The van der Waals surface area contributed by atoms with Crippen molar-refractivity contribution in [3.63, 3.8) is 0 Å². The zero-order valence-electron chi connectivity index (χ0n) is 10.6. The number of rotatable bonds is 0. The third-order valence-electron chi connectivity index (χ3n) is 3.79. The van der Waals surface area contributed by atoms with Crippen LogP contribution in [0.15, 0.2) is 24.3 Å². The molecule has 0 bridgehead atoms. The monoisotopic (exact) mass is 245 g/mol. The lowest BCUT2D eigenvalue weighted by molar-refractivity contribution is 0.142. The minimum absolute atomic E-state index is 0.200. The van der Waals surface area contributed by atoms with Crippen LogP contribution in [0, 0.1) is 0 Å². The SMILES string of the molecule is O=C(N1CCNCC1)N1CCc2ccccc2C1. The molecule has 0 atom stereocenters. The summed E-state index contributed by atoms with van der Waals surface area (Å²) in [6, 6.07) is 8.63. The molecule has 0 spiro atoms. The molecule has 2 amide bonds. The van der Waals surface area contributed by atoms with E-state index in [1.807, 2.05) is 9.80 Å². The molecule has 0 aliphatic carbocycles. The zero-order valence-corrected chi connectivity index (χ0v) is 10.6. The molecule has 0 unspecified atom stereocenters. The molecule has 4 nitrogen and oxygen atoms in total. The van der Waals surface area contributed by atoms with Crippen LogP contribution < -0.4 is 5.32 Å². The number of carbonyl (C=O) groups excluding carboxylic acids is 1. The summed E-state index contributed by atoms with van der Waals surface area (Å²) in [6.45, 7) is 5.10. The van der Waals surface area contributed by atoms with E-state index in [4.69, 9.17) is 0 Å². The summed E-state index contributed by atoms with van der Waals surface area (Å²) in [5.41, 5.74) is 2.69. The lowest BCUT2D eigenvalue weighted by atomic mass is 10.0. The molecule has 2 aliphatic heterocycles. The van der Waals surface area contributed by atoms with E-state index < -0.39 is 0 Å². The van der Waals surface area contributed by atoms with E-state index in [-0.39, 0.29) is 6.03 Å². The Kier molecular flexibility index (Phi) is 3.19. The maximum absolute atomic E-state index is 12.4. The predicted molar refractivity (Wildman–Crippen MR) is 70.4 cm³/mol. The second-order valence-corrected chi connectivity index (χ2v) is 4.96. The molecule has 4 heteroatoms. The topological polar surface area (TPSA) is 35.6 Å². The van der Waals surface area contributed by atoms with Crippen molar-refractivity contribution in [2.45, 2.75) is 13.0 Å². The largest absolute Gasteiger partial charge is 0.322 e. The van der Waals surface area contributed by atoms with Crippen LogP contribution in [0.1, 0.15) is 11.1 Å². The molecule has 0 aromatic heterocycles. The third kappa shape index (κ3) is 2.20. The van der Waals surface area contributed by atoms with Gasteiger partial charge in [0.1, 0.15) is 0 Å². The summed E-state index contributed by atoms with van der Waals surface area (Å²) >= 11 is 0. The Balaban J connectivity index is 1.69. The quantitative estimate of drug-likeness (QED) is 0.742. The molecule has 1 fully saturated rings. The number of carbonyl (C=O) groups is 1. The van der Waals surface area contributed by atoms with Crippen LogP contribution in [-0.2, 0) is 13.0 Å². The fourth-order valence-electron chi connectivity index (χ4n) is 2.72. The van der Waals surface area contributed by atoms with E-state index in [9.17, 15) is 4.79 Å². The highest BCUT2D eigenvalue weighted by Crippen LogP contribution is 2.19. The van der Waals surface area contributed by atoms with Gasteiger partial charge in [0.05, 0.1) is 0 Å². The van der Waals surface area contributed by atoms with Crippen molar-refractivity contribution < 1.29 is 4.79 Å². The molecule has 1 N–H and O–H groups in total. The van der Waals surface area contributed by atoms with E-state index in [1.54, 1.807) is 0 Å². The lowest BCUT2D eigenvalue weighted by Gasteiger charge is -2.35. The average molecular weight is 245 g/mol. The Morgan fingerprint density at radius 2 is 1.72 bits per heavy atom. The van der Waals surface area contributed by atoms with E-state index in [0.717, 1.165) is 45.7 Å². The maximum atomic E-state index is 12.4. The molecule has 1 saturated heterocycles. The summed E-state index contributed by atoms with van der Waals surface area (Å²) < 4.78 is 0.